The van der Waals surface area contributed by atoms with Gasteiger partial charge in [-0.05, 0) is 80.6 Å². The van der Waals surface area contributed by atoms with Gasteiger partial charge in [0.25, 0.3) is 0 Å². The van der Waals surface area contributed by atoms with Gasteiger partial charge in [-0.25, -0.2) is 0 Å². The van der Waals surface area contributed by atoms with Crippen LogP contribution in [0.5, 0.6) is 11.5 Å². The molecule has 1 unspecified atom stereocenters. The number of aliphatic hydroxyl groups excluding tert-OH is 1. The topological polar surface area (TPSA) is 68.2 Å². The third-order valence-corrected chi connectivity index (χ3v) is 6.87. The van der Waals surface area contributed by atoms with Crippen LogP contribution in [-0.4, -0.2) is 57.4 Å². The van der Waals surface area contributed by atoms with Gasteiger partial charge in [-0.3, -0.25) is 4.79 Å². The second kappa shape index (κ2) is 12.8. The van der Waals surface area contributed by atoms with Crippen LogP contribution in [0.1, 0.15) is 48.9 Å². The summed E-state index contributed by atoms with van der Waals surface area (Å²) in [5.41, 5.74) is 3.11. The number of methoxy groups -OCH3 is 3. The molecular formula is C28H41NO5. The molecule has 6 heteroatoms. The second-order valence-corrected chi connectivity index (χ2v) is 9.26. The number of carbonyl (C=O) groups excluding carboxylic acids is 1. The number of carbonyl (C=O) groups is 1. The largest absolute Gasteiger partial charge is 0.496 e. The lowest BCUT2D eigenvalue weighted by Gasteiger charge is -2.36. The Bertz CT molecular complexity index is 942. The van der Waals surface area contributed by atoms with Crippen molar-refractivity contribution in [2.75, 3.05) is 41.5 Å². The summed E-state index contributed by atoms with van der Waals surface area (Å²) in [6.45, 7) is 7.76. The Hall–Kier alpha value is -2.57. The predicted molar refractivity (Wildman–Crippen MR) is 136 cm³/mol. The molecule has 1 N–H and O–H groups in total. The SMILES string of the molecule is COC(=O)C(CCCN(C)CCc1ccc(C)c(OC)c1)(c1ccc(OC)c(CO)c1)C(C)C. The first-order chi connectivity index (χ1) is 16.2. The minimum Gasteiger partial charge on any atom is -0.496 e. The molecule has 0 saturated heterocycles. The van der Waals surface area contributed by atoms with Crippen LogP contribution in [0.3, 0.4) is 0 Å². The van der Waals surface area contributed by atoms with Crippen LogP contribution in [0, 0.1) is 12.8 Å². The minimum absolute atomic E-state index is 0.0187. The average molecular weight is 472 g/mol. The maximum absolute atomic E-state index is 13.2. The van der Waals surface area contributed by atoms with E-state index >= 15 is 0 Å². The number of esters is 1. The molecule has 2 aromatic rings. The number of benzene rings is 2. The Balaban J connectivity index is 2.13. The van der Waals surface area contributed by atoms with Gasteiger partial charge in [0.1, 0.15) is 11.5 Å². The van der Waals surface area contributed by atoms with Gasteiger partial charge in [0.05, 0.1) is 33.4 Å². The highest BCUT2D eigenvalue weighted by atomic mass is 16.5. The van der Waals surface area contributed by atoms with Crippen LogP contribution < -0.4 is 9.47 Å². The summed E-state index contributed by atoms with van der Waals surface area (Å²) in [6, 6.07) is 12.0. The molecule has 0 radical (unpaired) electrons. The fourth-order valence-corrected chi connectivity index (χ4v) is 4.66. The molecule has 0 spiro atoms. The summed E-state index contributed by atoms with van der Waals surface area (Å²) in [5, 5.41) is 9.81. The standard InChI is InChI=1S/C28H41NO5/c1-20(2)28(27(31)34-7,24-11-12-25(32-5)23(18-24)19-30)14-8-15-29(4)16-13-22-10-9-21(3)26(17-22)33-6/h9-12,17-18,20,30H,8,13-16,19H2,1-7H3. The molecule has 2 rings (SSSR count). The number of hydrogen-bond acceptors (Lipinski definition) is 6. The minimum atomic E-state index is -0.796. The van der Waals surface area contributed by atoms with E-state index in [-0.39, 0.29) is 18.5 Å². The van der Waals surface area contributed by atoms with Crippen LogP contribution in [-0.2, 0) is 28.0 Å². The van der Waals surface area contributed by atoms with Crippen LogP contribution in [0.25, 0.3) is 0 Å². The Morgan fingerprint density at radius 1 is 1.03 bits per heavy atom. The van der Waals surface area contributed by atoms with Gasteiger partial charge in [0.2, 0.25) is 0 Å². The number of nitrogens with zero attached hydrogens (tertiary/aromatic N) is 1. The maximum Gasteiger partial charge on any atom is 0.316 e. The van der Waals surface area contributed by atoms with E-state index in [9.17, 15) is 9.90 Å². The Kier molecular flexibility index (Phi) is 10.4. The Morgan fingerprint density at radius 2 is 1.74 bits per heavy atom. The summed E-state index contributed by atoms with van der Waals surface area (Å²) in [6.07, 6.45) is 2.41. The van der Waals surface area contributed by atoms with E-state index in [2.05, 4.69) is 30.1 Å². The average Bonchev–Trinajstić information content (AvgIpc) is 2.85. The van der Waals surface area contributed by atoms with E-state index in [1.807, 2.05) is 39.0 Å². The van der Waals surface area contributed by atoms with E-state index in [0.29, 0.717) is 17.7 Å². The van der Waals surface area contributed by atoms with Gasteiger partial charge < -0.3 is 24.2 Å². The van der Waals surface area contributed by atoms with Crippen LogP contribution >= 0.6 is 0 Å². The van der Waals surface area contributed by atoms with Crippen molar-refractivity contribution in [2.45, 2.75) is 52.1 Å². The second-order valence-electron chi connectivity index (χ2n) is 9.26. The van der Waals surface area contributed by atoms with Gasteiger partial charge >= 0.3 is 5.97 Å². The third kappa shape index (κ3) is 6.30. The van der Waals surface area contributed by atoms with E-state index in [1.165, 1.54) is 12.7 Å². The van der Waals surface area contributed by atoms with Crippen molar-refractivity contribution in [1.82, 2.24) is 4.90 Å². The number of aryl methyl sites for hydroxylation is 1. The lowest BCUT2D eigenvalue weighted by Crippen LogP contribution is -2.42. The molecule has 0 aromatic heterocycles. The van der Waals surface area contributed by atoms with E-state index in [1.54, 1.807) is 14.2 Å². The molecule has 6 nitrogen and oxygen atoms in total. The van der Waals surface area contributed by atoms with Crippen LogP contribution in [0.2, 0.25) is 0 Å². The molecule has 0 aliphatic heterocycles. The summed E-state index contributed by atoms with van der Waals surface area (Å²) in [5.74, 6) is 1.30. The molecular weight excluding hydrogens is 430 g/mol. The fourth-order valence-electron chi connectivity index (χ4n) is 4.66. The van der Waals surface area contributed by atoms with E-state index < -0.39 is 5.41 Å². The van der Waals surface area contributed by atoms with Gasteiger partial charge in [0, 0.05) is 12.1 Å². The summed E-state index contributed by atoms with van der Waals surface area (Å²) < 4.78 is 16.1. The van der Waals surface area contributed by atoms with Crippen LogP contribution in [0.15, 0.2) is 36.4 Å². The number of rotatable bonds is 13. The third-order valence-electron chi connectivity index (χ3n) is 6.87. The lowest BCUT2D eigenvalue weighted by atomic mass is 9.68. The van der Waals surface area contributed by atoms with Crippen molar-refractivity contribution in [2.24, 2.45) is 5.92 Å². The molecule has 34 heavy (non-hydrogen) atoms. The van der Waals surface area contributed by atoms with Crippen molar-refractivity contribution >= 4 is 5.97 Å². The normalized spacial score (nSPS) is 13.1. The van der Waals surface area contributed by atoms with Crippen LogP contribution in [0.4, 0.5) is 0 Å². The highest BCUT2D eigenvalue weighted by molar-refractivity contribution is 5.83. The lowest BCUT2D eigenvalue weighted by molar-refractivity contribution is -0.150. The maximum atomic E-state index is 13.2. The molecule has 0 bridgehead atoms. The van der Waals surface area contributed by atoms with Crippen molar-refractivity contribution in [1.29, 1.82) is 0 Å². The molecule has 0 fully saturated rings. The first kappa shape index (κ1) is 27.7. The highest BCUT2D eigenvalue weighted by Gasteiger charge is 2.44. The Morgan fingerprint density at radius 3 is 2.32 bits per heavy atom. The van der Waals surface area contributed by atoms with Gasteiger partial charge in [-0.1, -0.05) is 32.0 Å². The van der Waals surface area contributed by atoms with Gasteiger partial charge in [0.15, 0.2) is 0 Å². The summed E-state index contributed by atoms with van der Waals surface area (Å²) in [4.78, 5) is 15.5. The first-order valence-corrected chi connectivity index (χ1v) is 11.9. The van der Waals surface area contributed by atoms with Gasteiger partial charge in [-0.15, -0.1) is 0 Å². The van der Waals surface area contributed by atoms with E-state index in [0.717, 1.165) is 42.8 Å². The van der Waals surface area contributed by atoms with Gasteiger partial charge in [-0.2, -0.15) is 0 Å². The zero-order valence-electron chi connectivity index (χ0n) is 21.8. The zero-order chi connectivity index (χ0) is 25.3. The molecule has 0 aliphatic carbocycles. The number of hydrogen-bond donors (Lipinski definition) is 1. The van der Waals surface area contributed by atoms with E-state index in [4.69, 9.17) is 14.2 Å². The van der Waals surface area contributed by atoms with Crippen molar-refractivity contribution < 1.29 is 24.1 Å². The number of likely N-dealkylation sites (N-methyl/N-ethyl adjacent to an activating group) is 1. The molecule has 1 atom stereocenters. The first-order valence-electron chi connectivity index (χ1n) is 11.9. The predicted octanol–water partition coefficient (Wildman–Crippen LogP) is 4.53. The molecule has 0 aliphatic rings. The quantitative estimate of drug-likeness (QED) is 0.433. The van der Waals surface area contributed by atoms with Crippen molar-refractivity contribution in [3.05, 3.63) is 58.7 Å². The van der Waals surface area contributed by atoms with Crippen molar-refractivity contribution in [3.63, 3.8) is 0 Å². The summed E-state index contributed by atoms with van der Waals surface area (Å²) >= 11 is 0. The Labute approximate surface area is 204 Å². The molecule has 0 amide bonds. The zero-order valence-corrected chi connectivity index (χ0v) is 21.8. The molecule has 2 aromatic carbocycles. The van der Waals surface area contributed by atoms with Crippen molar-refractivity contribution in [3.8, 4) is 11.5 Å². The molecule has 188 valence electrons. The summed E-state index contributed by atoms with van der Waals surface area (Å²) in [7, 11) is 6.83. The molecule has 0 heterocycles. The smallest absolute Gasteiger partial charge is 0.316 e. The highest BCUT2D eigenvalue weighted by Crippen LogP contribution is 2.40. The fraction of sp³-hybridized carbons (Fsp3) is 0.536. The number of ether oxygens (including phenoxy) is 3. The number of aliphatic hydroxyl groups is 1. The monoisotopic (exact) mass is 471 g/mol. The molecule has 0 saturated carbocycles.